The number of unbranched alkanes of at least 4 members (excludes halogenated alkanes) is 2. The minimum absolute atomic E-state index is 0.167. The number of aromatic nitrogens is 2. The molecule has 5 nitrogen and oxygen atoms in total. The van der Waals surface area contributed by atoms with Crippen molar-refractivity contribution in [2.75, 3.05) is 27.2 Å². The summed E-state index contributed by atoms with van der Waals surface area (Å²) in [6.45, 7) is 5.85. The molecule has 0 saturated heterocycles. The van der Waals surface area contributed by atoms with Gasteiger partial charge in [-0.1, -0.05) is 19.8 Å². The van der Waals surface area contributed by atoms with E-state index in [0.29, 0.717) is 6.54 Å². The number of methoxy groups -OCH3 is 1. The summed E-state index contributed by atoms with van der Waals surface area (Å²) in [6.07, 6.45) is 3.69. The summed E-state index contributed by atoms with van der Waals surface area (Å²) in [7, 11) is 5.71. The highest BCUT2D eigenvalue weighted by molar-refractivity contribution is 5.34. The number of ether oxygens (including phenoxy) is 1. The second-order valence-corrected chi connectivity index (χ2v) is 5.07. The molecule has 1 aromatic heterocycles. The van der Waals surface area contributed by atoms with Gasteiger partial charge in [0.2, 0.25) is 5.88 Å². The van der Waals surface area contributed by atoms with E-state index in [1.54, 1.807) is 11.8 Å². The monoisotopic (exact) mass is 268 g/mol. The molecule has 0 aliphatic rings. The molecule has 0 saturated carbocycles. The normalized spacial score (nSPS) is 13.0. The summed E-state index contributed by atoms with van der Waals surface area (Å²) in [5.41, 5.74) is 8.09. The predicted molar refractivity (Wildman–Crippen MR) is 78.4 cm³/mol. The first-order valence-electron chi connectivity index (χ1n) is 7.04. The second kappa shape index (κ2) is 7.50. The van der Waals surface area contributed by atoms with E-state index in [4.69, 9.17) is 10.5 Å². The zero-order valence-electron chi connectivity index (χ0n) is 12.9. The van der Waals surface area contributed by atoms with Crippen LogP contribution in [0.2, 0.25) is 0 Å². The Kier molecular flexibility index (Phi) is 6.31. The van der Waals surface area contributed by atoms with E-state index in [1.165, 1.54) is 19.3 Å². The topological polar surface area (TPSA) is 56.3 Å². The van der Waals surface area contributed by atoms with Crippen molar-refractivity contribution in [3.8, 4) is 5.88 Å². The van der Waals surface area contributed by atoms with Crippen molar-refractivity contribution >= 4 is 0 Å². The first-order valence-corrected chi connectivity index (χ1v) is 7.04. The summed E-state index contributed by atoms with van der Waals surface area (Å²) in [5.74, 6) is 0.815. The molecule has 0 aromatic carbocycles. The van der Waals surface area contributed by atoms with Crippen LogP contribution in [0.25, 0.3) is 0 Å². The van der Waals surface area contributed by atoms with Crippen molar-refractivity contribution < 1.29 is 4.74 Å². The molecule has 0 amide bonds. The highest BCUT2D eigenvalue weighted by Gasteiger charge is 2.25. The van der Waals surface area contributed by atoms with Gasteiger partial charge in [-0.25, -0.2) is 4.68 Å². The summed E-state index contributed by atoms with van der Waals surface area (Å²) in [5, 5.41) is 4.44. The molecule has 0 aliphatic heterocycles. The Labute approximate surface area is 116 Å². The van der Waals surface area contributed by atoms with E-state index in [2.05, 4.69) is 24.0 Å². The maximum Gasteiger partial charge on any atom is 0.216 e. The summed E-state index contributed by atoms with van der Waals surface area (Å²) < 4.78 is 7.26. The molecule has 19 heavy (non-hydrogen) atoms. The minimum Gasteiger partial charge on any atom is -0.481 e. The molecular weight excluding hydrogens is 240 g/mol. The predicted octanol–water partition coefficient (Wildman–Crippen LogP) is 1.86. The third-order valence-electron chi connectivity index (χ3n) is 3.61. The third-order valence-corrected chi connectivity index (χ3v) is 3.61. The Morgan fingerprint density at radius 3 is 2.63 bits per heavy atom. The van der Waals surface area contributed by atoms with Gasteiger partial charge in [-0.3, -0.25) is 4.90 Å². The van der Waals surface area contributed by atoms with Crippen LogP contribution >= 0.6 is 0 Å². The fraction of sp³-hybridized carbons (Fsp3) is 0.786. The molecule has 1 heterocycles. The first kappa shape index (κ1) is 16.0. The van der Waals surface area contributed by atoms with Crippen molar-refractivity contribution in [1.82, 2.24) is 14.7 Å². The van der Waals surface area contributed by atoms with Crippen molar-refractivity contribution in [3.63, 3.8) is 0 Å². The van der Waals surface area contributed by atoms with Crippen LogP contribution in [0.15, 0.2) is 0 Å². The standard InChI is InChI=1S/C14H28N4O/c1-6-7-8-9-17(3)12(10-15)13-11(2)16-18(4)14(13)19-5/h12H,6-10,15H2,1-5H3. The minimum atomic E-state index is 0.167. The Bertz CT molecular complexity index is 389. The maximum atomic E-state index is 5.98. The number of hydrogen-bond donors (Lipinski definition) is 1. The zero-order chi connectivity index (χ0) is 14.4. The fourth-order valence-electron chi connectivity index (χ4n) is 2.56. The molecule has 0 bridgehead atoms. The molecule has 1 atom stereocenters. The zero-order valence-corrected chi connectivity index (χ0v) is 12.9. The lowest BCUT2D eigenvalue weighted by molar-refractivity contribution is 0.237. The van der Waals surface area contributed by atoms with Gasteiger partial charge in [0.1, 0.15) is 0 Å². The number of aryl methyl sites for hydroxylation is 2. The molecule has 0 spiro atoms. The van der Waals surface area contributed by atoms with Gasteiger partial charge in [0, 0.05) is 13.6 Å². The molecule has 1 aromatic rings. The molecule has 1 rings (SSSR count). The van der Waals surface area contributed by atoms with Crippen LogP contribution in [0.5, 0.6) is 5.88 Å². The lowest BCUT2D eigenvalue weighted by Gasteiger charge is -2.27. The van der Waals surface area contributed by atoms with Crippen molar-refractivity contribution in [2.24, 2.45) is 12.8 Å². The Balaban J connectivity index is 2.90. The second-order valence-electron chi connectivity index (χ2n) is 5.07. The lowest BCUT2D eigenvalue weighted by Crippen LogP contribution is -2.32. The molecule has 5 heteroatoms. The first-order chi connectivity index (χ1) is 9.06. The van der Waals surface area contributed by atoms with Crippen LogP contribution in [0.4, 0.5) is 0 Å². The Morgan fingerprint density at radius 1 is 1.42 bits per heavy atom. The average Bonchev–Trinajstić information content (AvgIpc) is 2.65. The van der Waals surface area contributed by atoms with Crippen LogP contribution in [-0.4, -0.2) is 41.9 Å². The van der Waals surface area contributed by atoms with Crippen molar-refractivity contribution in [1.29, 1.82) is 0 Å². The number of nitrogens with zero attached hydrogens (tertiary/aromatic N) is 3. The van der Waals surface area contributed by atoms with Crippen molar-refractivity contribution in [2.45, 2.75) is 39.2 Å². The molecule has 2 N–H and O–H groups in total. The van der Waals surface area contributed by atoms with E-state index >= 15 is 0 Å². The summed E-state index contributed by atoms with van der Waals surface area (Å²) >= 11 is 0. The van der Waals surface area contributed by atoms with Gasteiger partial charge in [-0.05, 0) is 26.9 Å². The van der Waals surface area contributed by atoms with Gasteiger partial charge in [0.25, 0.3) is 0 Å². The van der Waals surface area contributed by atoms with E-state index < -0.39 is 0 Å². The SMILES string of the molecule is CCCCCN(C)C(CN)c1c(C)nn(C)c1OC. The number of nitrogens with two attached hydrogens (primary N) is 1. The quantitative estimate of drug-likeness (QED) is 0.731. The maximum absolute atomic E-state index is 5.98. The molecule has 0 fully saturated rings. The van der Waals surface area contributed by atoms with Gasteiger partial charge in [0.15, 0.2) is 0 Å². The van der Waals surface area contributed by atoms with Gasteiger partial charge >= 0.3 is 0 Å². The molecule has 0 radical (unpaired) electrons. The van der Waals surface area contributed by atoms with Crippen LogP contribution in [-0.2, 0) is 7.05 Å². The molecule has 1 unspecified atom stereocenters. The van der Waals surface area contributed by atoms with Crippen LogP contribution in [0.1, 0.15) is 43.5 Å². The van der Waals surface area contributed by atoms with Gasteiger partial charge in [0.05, 0.1) is 24.4 Å². The average molecular weight is 268 g/mol. The van der Waals surface area contributed by atoms with E-state index in [1.807, 2.05) is 14.0 Å². The van der Waals surface area contributed by atoms with Gasteiger partial charge < -0.3 is 10.5 Å². The number of rotatable bonds is 8. The highest BCUT2D eigenvalue weighted by Crippen LogP contribution is 2.30. The molecule has 110 valence electrons. The van der Waals surface area contributed by atoms with E-state index in [0.717, 1.165) is 23.7 Å². The van der Waals surface area contributed by atoms with Gasteiger partial charge in [-0.2, -0.15) is 5.10 Å². The molecule has 0 aliphatic carbocycles. The van der Waals surface area contributed by atoms with E-state index in [-0.39, 0.29) is 6.04 Å². The number of hydrogen-bond acceptors (Lipinski definition) is 4. The van der Waals surface area contributed by atoms with Gasteiger partial charge in [-0.15, -0.1) is 0 Å². The third kappa shape index (κ3) is 3.70. The summed E-state index contributed by atoms with van der Waals surface area (Å²) in [4.78, 5) is 2.31. The van der Waals surface area contributed by atoms with Crippen molar-refractivity contribution in [3.05, 3.63) is 11.3 Å². The van der Waals surface area contributed by atoms with Crippen LogP contribution < -0.4 is 10.5 Å². The highest BCUT2D eigenvalue weighted by atomic mass is 16.5. The lowest BCUT2D eigenvalue weighted by atomic mass is 10.1. The molecular formula is C14H28N4O. The van der Waals surface area contributed by atoms with Crippen LogP contribution in [0, 0.1) is 6.92 Å². The smallest absolute Gasteiger partial charge is 0.216 e. The summed E-state index contributed by atoms with van der Waals surface area (Å²) in [6, 6.07) is 0.167. The van der Waals surface area contributed by atoms with Crippen LogP contribution in [0.3, 0.4) is 0 Å². The largest absolute Gasteiger partial charge is 0.481 e. The number of likely N-dealkylation sites (N-methyl/N-ethyl adjacent to an activating group) is 1. The Hall–Kier alpha value is -1.07. The Morgan fingerprint density at radius 2 is 2.11 bits per heavy atom. The fourth-order valence-corrected chi connectivity index (χ4v) is 2.56. The van der Waals surface area contributed by atoms with E-state index in [9.17, 15) is 0 Å².